The van der Waals surface area contributed by atoms with Crippen LogP contribution in [0.1, 0.15) is 36.0 Å². The molecule has 4 nitrogen and oxygen atoms in total. The van der Waals surface area contributed by atoms with Gasteiger partial charge in [-0.05, 0) is 81.1 Å². The maximum Gasteiger partial charge on any atom is 0.127 e. The molecular weight excluding hydrogens is 481 g/mol. The predicted octanol–water partition coefficient (Wildman–Crippen LogP) is 5.22. The van der Waals surface area contributed by atoms with E-state index in [2.05, 4.69) is 44.9 Å². The summed E-state index contributed by atoms with van der Waals surface area (Å²) in [6.07, 6.45) is 4.72. The van der Waals surface area contributed by atoms with E-state index in [1.54, 1.807) is 13.2 Å². The Balaban J connectivity index is 1.43. The first kappa shape index (κ1) is 24.4. The van der Waals surface area contributed by atoms with Gasteiger partial charge in [0.15, 0.2) is 0 Å². The van der Waals surface area contributed by atoms with Crippen molar-refractivity contribution in [2.75, 3.05) is 53.4 Å². The van der Waals surface area contributed by atoms with Crippen LogP contribution in [0.4, 0.5) is 4.39 Å². The Kier molecular flexibility index (Phi) is 8.55. The molecule has 2 aromatic rings. The topological polar surface area (TPSA) is 28.1 Å². The molecule has 2 aromatic carbocycles. The summed E-state index contributed by atoms with van der Waals surface area (Å²) in [6.45, 7) is 6.64. The fourth-order valence-corrected chi connectivity index (χ4v) is 5.49. The Bertz CT molecular complexity index is 972. The van der Waals surface area contributed by atoms with Gasteiger partial charge in [-0.25, -0.2) is 4.39 Å². The molecule has 0 N–H and O–H groups in total. The minimum absolute atomic E-state index is 0.132. The van der Waals surface area contributed by atoms with Crippen molar-refractivity contribution in [2.24, 2.45) is 10.9 Å². The van der Waals surface area contributed by atoms with Crippen LogP contribution in [0.15, 0.2) is 45.9 Å². The summed E-state index contributed by atoms with van der Waals surface area (Å²) >= 11 is 3.54. The standard InChI is InChI=1S/C27H35BrFN3O/c1-31-15-17-32(18-16-31)14-4-5-20-12-13-30-27(20)24-6-3-7-25(29)23(24)10-8-21-19-22(28)9-11-26(21)33-2/h3,6-7,9,11,19-20H,4-5,8,10,12-18H2,1-2H3. The predicted molar refractivity (Wildman–Crippen MR) is 137 cm³/mol. The molecule has 1 saturated heterocycles. The summed E-state index contributed by atoms with van der Waals surface area (Å²) in [4.78, 5) is 9.84. The number of aryl methyl sites for hydroxylation is 1. The van der Waals surface area contributed by atoms with Gasteiger partial charge in [0.2, 0.25) is 0 Å². The average molecular weight is 516 g/mol. The Morgan fingerprint density at radius 1 is 1.12 bits per heavy atom. The molecule has 0 amide bonds. The van der Waals surface area contributed by atoms with E-state index in [9.17, 15) is 0 Å². The van der Waals surface area contributed by atoms with Crippen LogP contribution in [0.3, 0.4) is 0 Å². The third-order valence-corrected chi connectivity index (χ3v) is 7.54. The van der Waals surface area contributed by atoms with Gasteiger partial charge in [-0.15, -0.1) is 0 Å². The number of halogens is 2. The molecule has 1 fully saturated rings. The lowest BCUT2D eigenvalue weighted by Gasteiger charge is -2.32. The molecule has 1 atom stereocenters. The summed E-state index contributed by atoms with van der Waals surface area (Å²) < 4.78 is 21.5. The van der Waals surface area contributed by atoms with Crippen molar-refractivity contribution in [3.63, 3.8) is 0 Å². The minimum atomic E-state index is -0.132. The summed E-state index contributed by atoms with van der Waals surface area (Å²) in [5.74, 6) is 1.14. The Morgan fingerprint density at radius 3 is 2.73 bits per heavy atom. The van der Waals surface area contributed by atoms with Crippen molar-refractivity contribution in [2.45, 2.75) is 32.1 Å². The van der Waals surface area contributed by atoms with Crippen LogP contribution in [0.2, 0.25) is 0 Å². The second kappa shape index (κ2) is 11.6. The Labute approximate surface area is 206 Å². The number of nitrogens with zero attached hydrogens (tertiary/aromatic N) is 3. The van der Waals surface area contributed by atoms with Crippen molar-refractivity contribution in [3.8, 4) is 5.75 Å². The Morgan fingerprint density at radius 2 is 1.94 bits per heavy atom. The van der Waals surface area contributed by atoms with E-state index in [1.165, 1.54) is 6.42 Å². The zero-order chi connectivity index (χ0) is 23.2. The fourth-order valence-electron chi connectivity index (χ4n) is 5.08. The van der Waals surface area contributed by atoms with Crippen molar-refractivity contribution in [1.82, 2.24) is 9.80 Å². The molecule has 0 bridgehead atoms. The smallest absolute Gasteiger partial charge is 0.127 e. The lowest BCUT2D eigenvalue weighted by Crippen LogP contribution is -2.44. The lowest BCUT2D eigenvalue weighted by atomic mass is 9.88. The van der Waals surface area contributed by atoms with Crippen LogP contribution in [0.5, 0.6) is 5.75 Å². The van der Waals surface area contributed by atoms with Crippen LogP contribution in [0, 0.1) is 11.7 Å². The number of piperazine rings is 1. The first-order valence-electron chi connectivity index (χ1n) is 12.1. The monoisotopic (exact) mass is 515 g/mol. The van der Waals surface area contributed by atoms with Crippen LogP contribution < -0.4 is 4.74 Å². The van der Waals surface area contributed by atoms with Gasteiger partial charge in [0, 0.05) is 54.4 Å². The maximum absolute atomic E-state index is 15.0. The van der Waals surface area contributed by atoms with E-state index in [0.29, 0.717) is 12.3 Å². The third-order valence-electron chi connectivity index (χ3n) is 7.05. The molecule has 2 aliphatic rings. The number of methoxy groups -OCH3 is 1. The first-order valence-corrected chi connectivity index (χ1v) is 12.9. The van der Waals surface area contributed by atoms with Gasteiger partial charge in [0.05, 0.1) is 7.11 Å². The summed E-state index contributed by atoms with van der Waals surface area (Å²) in [6, 6.07) is 11.5. The van der Waals surface area contributed by atoms with Crippen LogP contribution in [-0.4, -0.2) is 68.9 Å². The number of ether oxygens (including phenoxy) is 1. The molecule has 1 unspecified atom stereocenters. The normalized spacial score (nSPS) is 19.6. The molecule has 33 heavy (non-hydrogen) atoms. The molecule has 4 rings (SSSR count). The average Bonchev–Trinajstić information content (AvgIpc) is 3.28. The quantitative estimate of drug-likeness (QED) is 0.458. The van der Waals surface area contributed by atoms with Gasteiger partial charge in [0.1, 0.15) is 11.6 Å². The summed E-state index contributed by atoms with van der Waals surface area (Å²) in [5.41, 5.74) is 3.98. The van der Waals surface area contributed by atoms with Crippen molar-refractivity contribution in [1.29, 1.82) is 0 Å². The van der Waals surface area contributed by atoms with E-state index in [4.69, 9.17) is 9.73 Å². The van der Waals surface area contributed by atoms with Crippen LogP contribution in [0.25, 0.3) is 0 Å². The van der Waals surface area contributed by atoms with Gasteiger partial charge in [-0.2, -0.15) is 0 Å². The van der Waals surface area contributed by atoms with Gasteiger partial charge >= 0.3 is 0 Å². The van der Waals surface area contributed by atoms with Crippen LogP contribution >= 0.6 is 15.9 Å². The zero-order valence-electron chi connectivity index (χ0n) is 19.8. The summed E-state index contributed by atoms with van der Waals surface area (Å²) in [7, 11) is 3.88. The molecule has 6 heteroatoms. The zero-order valence-corrected chi connectivity index (χ0v) is 21.4. The minimum Gasteiger partial charge on any atom is -0.496 e. The van der Waals surface area contributed by atoms with E-state index in [-0.39, 0.29) is 5.82 Å². The lowest BCUT2D eigenvalue weighted by molar-refractivity contribution is 0.151. The molecule has 0 aromatic heterocycles. The number of hydrogen-bond donors (Lipinski definition) is 0. The highest BCUT2D eigenvalue weighted by atomic mass is 79.9. The van der Waals surface area contributed by atoms with E-state index in [1.807, 2.05) is 18.2 Å². The van der Waals surface area contributed by atoms with E-state index in [0.717, 1.165) is 91.2 Å². The largest absolute Gasteiger partial charge is 0.496 e. The molecule has 2 aliphatic heterocycles. The van der Waals surface area contributed by atoms with Crippen molar-refractivity contribution >= 4 is 21.6 Å². The number of rotatable bonds is 9. The highest BCUT2D eigenvalue weighted by Crippen LogP contribution is 2.30. The van der Waals surface area contributed by atoms with Gasteiger partial charge < -0.3 is 14.5 Å². The number of likely N-dealkylation sites (N-methyl/N-ethyl adjacent to an activating group) is 1. The number of aliphatic imine (C=N–C) groups is 1. The second-order valence-corrected chi connectivity index (χ2v) is 10.2. The molecular formula is C27H35BrFN3O. The first-order chi connectivity index (χ1) is 16.0. The SMILES string of the molecule is COc1ccc(Br)cc1CCc1c(F)cccc1C1=NCCC1CCCN1CCN(C)CC1. The molecule has 178 valence electrons. The maximum atomic E-state index is 15.0. The molecule has 0 spiro atoms. The molecule has 0 radical (unpaired) electrons. The van der Waals surface area contributed by atoms with E-state index >= 15 is 4.39 Å². The molecule has 0 aliphatic carbocycles. The van der Waals surface area contributed by atoms with Crippen LogP contribution in [-0.2, 0) is 12.8 Å². The van der Waals surface area contributed by atoms with Gasteiger partial charge in [-0.1, -0.05) is 28.1 Å². The highest BCUT2D eigenvalue weighted by molar-refractivity contribution is 9.10. The van der Waals surface area contributed by atoms with Gasteiger partial charge in [-0.3, -0.25) is 4.99 Å². The highest BCUT2D eigenvalue weighted by Gasteiger charge is 2.26. The van der Waals surface area contributed by atoms with E-state index < -0.39 is 0 Å². The second-order valence-electron chi connectivity index (χ2n) is 9.26. The Hall–Kier alpha value is -1.76. The molecule has 2 heterocycles. The third kappa shape index (κ3) is 6.23. The van der Waals surface area contributed by atoms with Gasteiger partial charge in [0.25, 0.3) is 0 Å². The number of benzene rings is 2. The van der Waals surface area contributed by atoms with Crippen molar-refractivity contribution < 1.29 is 9.13 Å². The fraction of sp³-hybridized carbons (Fsp3) is 0.519. The molecule has 0 saturated carbocycles. The number of hydrogen-bond acceptors (Lipinski definition) is 4. The summed E-state index contributed by atoms with van der Waals surface area (Å²) in [5, 5.41) is 0. The van der Waals surface area contributed by atoms with Crippen molar-refractivity contribution in [3.05, 3.63) is 63.4 Å².